The summed E-state index contributed by atoms with van der Waals surface area (Å²) < 4.78 is 9.17. The lowest BCUT2D eigenvalue weighted by Crippen LogP contribution is -2.36. The number of ether oxygens (including phenoxy) is 1. The molecule has 1 saturated heterocycles. The number of aliphatic hydroxyl groups is 1. The zero-order valence-corrected chi connectivity index (χ0v) is 19.3. The highest BCUT2D eigenvalue weighted by atomic mass is 35.5. The number of aromatic nitrogens is 5. The number of pyridine rings is 1. The molecular weight excluding hydrogens is 444 g/mol. The molecule has 10 heteroatoms. The fraction of sp³-hybridized carbons (Fsp3) is 0.478. The van der Waals surface area contributed by atoms with Crippen molar-refractivity contribution in [2.24, 2.45) is 0 Å². The first kappa shape index (κ1) is 22.1. The zero-order chi connectivity index (χ0) is 22.9. The predicted octanol–water partition coefficient (Wildman–Crippen LogP) is 2.85. The molecular formula is C23H27ClN6O3. The van der Waals surface area contributed by atoms with Crippen molar-refractivity contribution in [2.75, 3.05) is 18.1 Å². The molecule has 3 aromatic rings. The van der Waals surface area contributed by atoms with E-state index in [-0.39, 0.29) is 16.8 Å². The quantitative estimate of drug-likeness (QED) is 0.612. The van der Waals surface area contributed by atoms with Crippen molar-refractivity contribution < 1.29 is 9.84 Å². The molecule has 0 aliphatic carbocycles. The third-order valence-corrected chi connectivity index (χ3v) is 6.70. The second-order valence-electron chi connectivity index (χ2n) is 8.58. The molecule has 0 spiro atoms. The summed E-state index contributed by atoms with van der Waals surface area (Å²) in [6.07, 6.45) is 7.73. The minimum absolute atomic E-state index is 0.166. The first-order valence-electron chi connectivity index (χ1n) is 11.3. The standard InChI is InChI=1S/C23H27ClN6O3/c1-15(31)22-16(5-4-8-25-22)12-29-14-26-17-13-28(9-7-18(17)29)19-11-27-30(23(32)21(19)24)20-6-2-3-10-33-20/h4-5,8,11,14-15,20,31H,2-3,6-7,9-10,12-13H2,1H3. The Morgan fingerprint density at radius 3 is 3.00 bits per heavy atom. The maximum atomic E-state index is 12.9. The molecule has 5 rings (SSSR count). The van der Waals surface area contributed by atoms with Gasteiger partial charge in [-0.05, 0) is 37.8 Å². The van der Waals surface area contributed by atoms with Crippen LogP contribution in [0.25, 0.3) is 0 Å². The van der Waals surface area contributed by atoms with Crippen molar-refractivity contribution in [1.29, 1.82) is 0 Å². The average Bonchev–Trinajstić information content (AvgIpc) is 3.23. The molecule has 174 valence electrons. The largest absolute Gasteiger partial charge is 0.387 e. The fourth-order valence-electron chi connectivity index (χ4n) is 4.63. The predicted molar refractivity (Wildman–Crippen MR) is 123 cm³/mol. The Balaban J connectivity index is 1.36. The highest BCUT2D eigenvalue weighted by Gasteiger charge is 2.26. The zero-order valence-electron chi connectivity index (χ0n) is 18.5. The van der Waals surface area contributed by atoms with Gasteiger partial charge in [0.15, 0.2) is 6.23 Å². The molecule has 0 bridgehead atoms. The van der Waals surface area contributed by atoms with Gasteiger partial charge >= 0.3 is 0 Å². The van der Waals surface area contributed by atoms with Crippen LogP contribution in [0.2, 0.25) is 5.02 Å². The van der Waals surface area contributed by atoms with Crippen molar-refractivity contribution in [3.63, 3.8) is 0 Å². The molecule has 0 radical (unpaired) electrons. The summed E-state index contributed by atoms with van der Waals surface area (Å²) in [4.78, 5) is 23.9. The number of nitrogens with zero attached hydrogens (tertiary/aromatic N) is 6. The van der Waals surface area contributed by atoms with Crippen molar-refractivity contribution >= 4 is 17.3 Å². The number of imidazole rings is 1. The molecule has 9 nitrogen and oxygen atoms in total. The van der Waals surface area contributed by atoms with Gasteiger partial charge in [0, 0.05) is 31.5 Å². The van der Waals surface area contributed by atoms with Gasteiger partial charge in [-0.3, -0.25) is 9.78 Å². The van der Waals surface area contributed by atoms with Gasteiger partial charge in [0.25, 0.3) is 5.56 Å². The number of fused-ring (bicyclic) bond motifs is 1. The molecule has 2 aliphatic rings. The van der Waals surface area contributed by atoms with E-state index in [0.29, 0.717) is 37.6 Å². The van der Waals surface area contributed by atoms with Crippen LogP contribution in [0, 0.1) is 0 Å². The van der Waals surface area contributed by atoms with Crippen LogP contribution in [0.3, 0.4) is 0 Å². The van der Waals surface area contributed by atoms with E-state index in [1.54, 1.807) is 19.3 Å². The molecule has 0 aromatic carbocycles. The van der Waals surface area contributed by atoms with Crippen molar-refractivity contribution in [3.05, 3.63) is 68.9 Å². The lowest BCUT2D eigenvalue weighted by Gasteiger charge is -2.30. The minimum atomic E-state index is -0.633. The van der Waals surface area contributed by atoms with Crippen LogP contribution in [-0.4, -0.2) is 42.6 Å². The van der Waals surface area contributed by atoms with Gasteiger partial charge in [-0.15, -0.1) is 0 Å². The summed E-state index contributed by atoms with van der Waals surface area (Å²) in [6.45, 7) is 4.19. The number of hydrogen-bond acceptors (Lipinski definition) is 7. The smallest absolute Gasteiger partial charge is 0.290 e. The van der Waals surface area contributed by atoms with E-state index in [4.69, 9.17) is 16.3 Å². The molecule has 33 heavy (non-hydrogen) atoms. The van der Waals surface area contributed by atoms with E-state index in [1.165, 1.54) is 4.68 Å². The summed E-state index contributed by atoms with van der Waals surface area (Å²) in [5.41, 5.74) is 4.03. The second-order valence-corrected chi connectivity index (χ2v) is 8.95. The monoisotopic (exact) mass is 470 g/mol. The number of hydrogen-bond donors (Lipinski definition) is 1. The number of aliphatic hydroxyl groups excluding tert-OH is 1. The second kappa shape index (κ2) is 9.24. The summed E-state index contributed by atoms with van der Waals surface area (Å²) in [6, 6.07) is 3.86. The van der Waals surface area contributed by atoms with Gasteiger partial charge in [0.1, 0.15) is 5.02 Å². The lowest BCUT2D eigenvalue weighted by atomic mass is 10.1. The minimum Gasteiger partial charge on any atom is -0.387 e. The Labute approximate surface area is 196 Å². The van der Waals surface area contributed by atoms with Crippen LogP contribution in [0.1, 0.15) is 61.2 Å². The van der Waals surface area contributed by atoms with E-state index in [9.17, 15) is 9.90 Å². The Bertz CT molecular complexity index is 1200. The van der Waals surface area contributed by atoms with E-state index in [1.807, 2.05) is 23.4 Å². The number of rotatable bonds is 5. The van der Waals surface area contributed by atoms with Crippen LogP contribution >= 0.6 is 11.6 Å². The molecule has 2 atom stereocenters. The third-order valence-electron chi connectivity index (χ3n) is 6.35. The summed E-state index contributed by atoms with van der Waals surface area (Å²) in [5, 5.41) is 14.6. The molecule has 0 amide bonds. The number of anilines is 1. The van der Waals surface area contributed by atoms with Gasteiger partial charge in [-0.1, -0.05) is 17.7 Å². The topological polar surface area (TPSA) is 98.3 Å². The van der Waals surface area contributed by atoms with E-state index >= 15 is 0 Å². The van der Waals surface area contributed by atoms with Gasteiger partial charge in [0.05, 0.1) is 48.8 Å². The molecule has 1 fully saturated rings. The van der Waals surface area contributed by atoms with Crippen LogP contribution in [0.4, 0.5) is 5.69 Å². The third kappa shape index (κ3) is 4.28. The highest BCUT2D eigenvalue weighted by Crippen LogP contribution is 2.29. The molecule has 2 aliphatic heterocycles. The van der Waals surface area contributed by atoms with Gasteiger partial charge in [0.2, 0.25) is 0 Å². The van der Waals surface area contributed by atoms with E-state index in [2.05, 4.69) is 19.6 Å². The van der Waals surface area contributed by atoms with Crippen LogP contribution in [0.15, 0.2) is 35.6 Å². The molecule has 1 N–H and O–H groups in total. The molecule has 2 unspecified atom stereocenters. The maximum absolute atomic E-state index is 12.9. The van der Waals surface area contributed by atoms with Crippen LogP contribution in [-0.2, 0) is 24.2 Å². The maximum Gasteiger partial charge on any atom is 0.290 e. The van der Waals surface area contributed by atoms with Crippen molar-refractivity contribution in [1.82, 2.24) is 24.3 Å². The van der Waals surface area contributed by atoms with E-state index < -0.39 is 6.10 Å². The van der Waals surface area contributed by atoms with Crippen LogP contribution in [0.5, 0.6) is 0 Å². The van der Waals surface area contributed by atoms with Crippen LogP contribution < -0.4 is 10.5 Å². The first-order chi connectivity index (χ1) is 16.0. The molecule has 3 aromatic heterocycles. The SMILES string of the molecule is CC(O)c1ncccc1Cn1cnc2c1CCN(c1cnn(C3CCCCO3)c(=O)c1Cl)C2. The molecule has 5 heterocycles. The Morgan fingerprint density at radius 2 is 2.21 bits per heavy atom. The first-order valence-corrected chi connectivity index (χ1v) is 11.7. The Morgan fingerprint density at radius 1 is 1.33 bits per heavy atom. The normalized spacial score (nSPS) is 19.4. The molecule has 0 saturated carbocycles. The Kier molecular flexibility index (Phi) is 6.18. The average molecular weight is 471 g/mol. The lowest BCUT2D eigenvalue weighted by molar-refractivity contribution is -0.0424. The van der Waals surface area contributed by atoms with E-state index in [0.717, 1.165) is 42.6 Å². The van der Waals surface area contributed by atoms with Gasteiger partial charge in [-0.25, -0.2) is 4.98 Å². The number of halogens is 1. The summed E-state index contributed by atoms with van der Waals surface area (Å²) in [7, 11) is 0. The van der Waals surface area contributed by atoms with Gasteiger partial charge in [-0.2, -0.15) is 9.78 Å². The van der Waals surface area contributed by atoms with Crippen molar-refractivity contribution in [2.45, 2.75) is 58.0 Å². The Hall–Kier alpha value is -2.75. The highest BCUT2D eigenvalue weighted by molar-refractivity contribution is 6.33. The van der Waals surface area contributed by atoms with Gasteiger partial charge < -0.3 is 19.3 Å². The van der Waals surface area contributed by atoms with Crippen molar-refractivity contribution in [3.8, 4) is 0 Å². The fourth-order valence-corrected chi connectivity index (χ4v) is 4.89. The summed E-state index contributed by atoms with van der Waals surface area (Å²) >= 11 is 6.51. The summed E-state index contributed by atoms with van der Waals surface area (Å²) in [5.74, 6) is 0.